The summed E-state index contributed by atoms with van der Waals surface area (Å²) >= 11 is 0. The molecule has 17 nitrogen and oxygen atoms in total. The third kappa shape index (κ3) is 7.49. The van der Waals surface area contributed by atoms with Gasteiger partial charge in [0.15, 0.2) is 34.9 Å². The van der Waals surface area contributed by atoms with E-state index in [1.54, 1.807) is 31.4 Å². The summed E-state index contributed by atoms with van der Waals surface area (Å²) in [5.74, 6) is -7.13. The second kappa shape index (κ2) is 16.0. The number of carboxylic acids is 2. The van der Waals surface area contributed by atoms with Crippen molar-refractivity contribution in [2.24, 2.45) is 0 Å². The number of aromatic hydroxyl groups is 3. The van der Waals surface area contributed by atoms with Gasteiger partial charge < -0.3 is 53.6 Å². The van der Waals surface area contributed by atoms with Crippen LogP contribution in [0.3, 0.4) is 0 Å². The molecular formula is C39H30O17. The highest BCUT2D eigenvalue weighted by molar-refractivity contribution is 6.03. The average Bonchev–Trinajstić information content (AvgIpc) is 3.31. The van der Waals surface area contributed by atoms with Gasteiger partial charge in [-0.3, -0.25) is 9.59 Å². The van der Waals surface area contributed by atoms with Crippen molar-refractivity contribution in [3.8, 4) is 57.1 Å². The number of phenolic OH excluding ortho intramolecular Hbond substituents is 2. The van der Waals surface area contributed by atoms with E-state index >= 15 is 0 Å². The number of hydrogen-bond donors (Lipinski definition) is 5. The minimum absolute atomic E-state index is 0.0738. The van der Waals surface area contributed by atoms with Gasteiger partial charge >= 0.3 is 23.9 Å². The van der Waals surface area contributed by atoms with Crippen molar-refractivity contribution >= 4 is 41.1 Å². The fourth-order valence-electron chi connectivity index (χ4n) is 5.65. The quantitative estimate of drug-likeness (QED) is 0.0542. The first-order valence-corrected chi connectivity index (χ1v) is 16.0. The van der Waals surface area contributed by atoms with Crippen LogP contribution in [0.1, 0.15) is 47.8 Å². The number of carboxylic acid groups (broad SMARTS) is 2. The first-order valence-electron chi connectivity index (χ1n) is 16.0. The molecule has 5 N–H and O–H groups in total. The summed E-state index contributed by atoms with van der Waals surface area (Å²) in [5, 5.41) is 49.0. The van der Waals surface area contributed by atoms with Crippen LogP contribution in [0.2, 0.25) is 0 Å². The van der Waals surface area contributed by atoms with E-state index in [0.29, 0.717) is 28.9 Å². The van der Waals surface area contributed by atoms with E-state index in [4.69, 9.17) is 33.2 Å². The number of aldehydes is 1. The van der Waals surface area contributed by atoms with Crippen LogP contribution in [0.25, 0.3) is 22.1 Å². The van der Waals surface area contributed by atoms with Crippen molar-refractivity contribution in [2.45, 2.75) is 20.5 Å². The van der Waals surface area contributed by atoms with Crippen molar-refractivity contribution < 1.29 is 77.6 Å². The molecule has 0 bridgehead atoms. The summed E-state index contributed by atoms with van der Waals surface area (Å²) in [7, 11) is 2.99. The van der Waals surface area contributed by atoms with Crippen molar-refractivity contribution in [1.82, 2.24) is 0 Å². The van der Waals surface area contributed by atoms with E-state index in [-0.39, 0.29) is 51.2 Å². The zero-order chi connectivity index (χ0) is 41.0. The molecule has 0 aliphatic carbocycles. The third-order valence-corrected chi connectivity index (χ3v) is 8.35. The number of fused-ring (bicyclic) bond motifs is 3. The first kappa shape index (κ1) is 39.4. The lowest BCUT2D eigenvalue weighted by molar-refractivity contribution is -0.139. The molecule has 0 fully saturated rings. The van der Waals surface area contributed by atoms with Gasteiger partial charge in [0.1, 0.15) is 41.2 Å². The van der Waals surface area contributed by atoms with Crippen LogP contribution < -0.4 is 24.4 Å². The smallest absolute Gasteiger partial charge is 0.347 e. The Morgan fingerprint density at radius 1 is 0.839 bits per heavy atom. The van der Waals surface area contributed by atoms with Gasteiger partial charge in [-0.15, -0.1) is 0 Å². The van der Waals surface area contributed by atoms with Crippen LogP contribution in [0.5, 0.6) is 46.0 Å². The lowest BCUT2D eigenvalue weighted by Crippen LogP contribution is -2.13. The molecule has 17 heteroatoms. The minimum Gasteiger partial charge on any atom is -0.507 e. The van der Waals surface area contributed by atoms with Gasteiger partial charge in [-0.2, -0.15) is 0 Å². The molecule has 1 aromatic heterocycles. The van der Waals surface area contributed by atoms with Crippen LogP contribution in [-0.2, 0) is 20.9 Å². The molecule has 4 aromatic carbocycles. The number of aromatic carboxylic acids is 1. The van der Waals surface area contributed by atoms with Crippen molar-refractivity contribution in [3.05, 3.63) is 104 Å². The van der Waals surface area contributed by atoms with Gasteiger partial charge in [-0.05, 0) is 55.3 Å². The summed E-state index contributed by atoms with van der Waals surface area (Å²) in [6, 6.07) is 11.2. The van der Waals surface area contributed by atoms with Gasteiger partial charge in [-0.1, -0.05) is 12.1 Å². The maximum atomic E-state index is 12.9. The minimum atomic E-state index is -1.60. The molecule has 0 radical (unpaired) electrons. The lowest BCUT2D eigenvalue weighted by atomic mass is 10.0. The van der Waals surface area contributed by atoms with E-state index in [2.05, 4.69) is 0 Å². The Labute approximate surface area is 314 Å². The zero-order valence-electron chi connectivity index (χ0n) is 29.7. The Morgan fingerprint density at radius 3 is 2.14 bits per heavy atom. The Kier molecular flexibility index (Phi) is 11.3. The highest BCUT2D eigenvalue weighted by Gasteiger charge is 2.36. The number of benzene rings is 4. The molecule has 0 saturated heterocycles. The molecule has 288 valence electrons. The summed E-state index contributed by atoms with van der Waals surface area (Å²) < 4.78 is 31.6. The van der Waals surface area contributed by atoms with E-state index in [9.17, 15) is 49.2 Å². The van der Waals surface area contributed by atoms with E-state index < -0.39 is 70.2 Å². The predicted molar refractivity (Wildman–Crippen MR) is 192 cm³/mol. The van der Waals surface area contributed by atoms with Gasteiger partial charge in [0, 0.05) is 17.7 Å². The number of rotatable bonds is 9. The molecule has 5 aromatic rings. The molecule has 6 rings (SSSR count). The molecule has 1 aliphatic rings. The Bertz CT molecular complexity index is 2530. The first-order chi connectivity index (χ1) is 26.6. The monoisotopic (exact) mass is 770 g/mol. The van der Waals surface area contributed by atoms with E-state index in [1.807, 2.05) is 0 Å². The van der Waals surface area contributed by atoms with Gasteiger partial charge in [0.2, 0.25) is 11.2 Å². The highest BCUT2D eigenvalue weighted by atomic mass is 16.6. The molecule has 0 spiro atoms. The molecule has 1 aliphatic heterocycles. The summed E-state index contributed by atoms with van der Waals surface area (Å²) in [5.41, 5.74) is -0.607. The number of aliphatic carboxylic acids is 1. The standard InChI is InChI=1S/C22H16O12.C17H14O5/c1-8-5-12(24)10(6-23)19-15(8)22(31)34-20-11(7-32-14(27)4-3-13(25)26)17(28)16(21(29)30)9(2)18(20)33-19;1-20-11-5-3-10(4-6-11)13-9-22-16-12(15(13)19)7-8-14(18)17(16)21-2/h3-6,24,28H,7H2,1-2H3,(H,25,26)(H,29,30);3-9,18H,1-2H3. The molecule has 0 amide bonds. The van der Waals surface area contributed by atoms with Crippen LogP contribution >= 0.6 is 0 Å². The number of ether oxygens (including phenoxy) is 5. The van der Waals surface area contributed by atoms with E-state index in [0.717, 1.165) is 11.6 Å². The maximum Gasteiger partial charge on any atom is 0.347 e. The van der Waals surface area contributed by atoms with Crippen LogP contribution in [0.15, 0.2) is 70.1 Å². The summed E-state index contributed by atoms with van der Waals surface area (Å²) in [6.45, 7) is 1.83. The number of aryl methyl sites for hydroxylation is 1. The predicted octanol–water partition coefficient (Wildman–Crippen LogP) is 5.42. The van der Waals surface area contributed by atoms with Gasteiger partial charge in [-0.25, -0.2) is 19.2 Å². The summed E-state index contributed by atoms with van der Waals surface area (Å²) in [4.78, 5) is 71.3. The zero-order valence-corrected chi connectivity index (χ0v) is 29.7. The van der Waals surface area contributed by atoms with Gasteiger partial charge in [0.25, 0.3) is 0 Å². The molecule has 0 saturated carbocycles. The van der Waals surface area contributed by atoms with Crippen LogP contribution in [-0.4, -0.2) is 69.9 Å². The Hall–Kier alpha value is -7.82. The molecule has 2 heterocycles. The number of esters is 2. The fourth-order valence-corrected chi connectivity index (χ4v) is 5.65. The Morgan fingerprint density at radius 2 is 1.54 bits per heavy atom. The number of carbonyl (C=O) groups excluding carboxylic acids is 3. The molecule has 56 heavy (non-hydrogen) atoms. The fraction of sp³-hybridized carbons (Fsp3) is 0.128. The van der Waals surface area contributed by atoms with Crippen molar-refractivity contribution in [3.63, 3.8) is 0 Å². The second-order valence-corrected chi connectivity index (χ2v) is 11.7. The average molecular weight is 771 g/mol. The highest BCUT2D eigenvalue weighted by Crippen LogP contribution is 2.50. The van der Waals surface area contributed by atoms with Crippen molar-refractivity contribution in [2.75, 3.05) is 14.2 Å². The topological polar surface area (TPSA) is 263 Å². The van der Waals surface area contributed by atoms with E-state index in [1.165, 1.54) is 39.4 Å². The summed E-state index contributed by atoms with van der Waals surface area (Å²) in [6.07, 6.45) is 2.67. The second-order valence-electron chi connectivity index (χ2n) is 11.7. The normalized spacial score (nSPS) is 11.5. The maximum absolute atomic E-state index is 12.9. The van der Waals surface area contributed by atoms with Crippen LogP contribution in [0, 0.1) is 13.8 Å². The SMILES string of the molecule is COc1ccc(-c2coc3c(OC)c(O)ccc3c2=O)cc1.Cc1cc(O)c(C=O)c2c1C(=O)Oc1c(COC(=O)C=CC(=O)O)c(O)c(C(=O)O)c(C)c1O2. The number of carbonyl (C=O) groups is 5. The largest absolute Gasteiger partial charge is 0.507 e. The number of phenols is 3. The van der Waals surface area contributed by atoms with Gasteiger partial charge in [0.05, 0.1) is 36.3 Å². The Balaban J connectivity index is 0.000000234. The van der Waals surface area contributed by atoms with Crippen LogP contribution in [0.4, 0.5) is 0 Å². The number of hydrogen-bond acceptors (Lipinski definition) is 15. The lowest BCUT2D eigenvalue weighted by Gasteiger charge is -2.18. The van der Waals surface area contributed by atoms with Crippen molar-refractivity contribution in [1.29, 1.82) is 0 Å². The molecule has 0 atom stereocenters. The third-order valence-electron chi connectivity index (χ3n) is 8.35. The molecule has 0 unspecified atom stereocenters. The molecular weight excluding hydrogens is 740 g/mol. The number of methoxy groups -OCH3 is 2.